The van der Waals surface area contributed by atoms with Crippen LogP contribution in [0.1, 0.15) is 91.9 Å². The van der Waals surface area contributed by atoms with Crippen molar-refractivity contribution < 1.29 is 42.9 Å². The van der Waals surface area contributed by atoms with Crippen LogP contribution in [0.5, 0.6) is 17.2 Å². The molecule has 12 heteroatoms. The van der Waals surface area contributed by atoms with Crippen molar-refractivity contribution in [3.63, 3.8) is 0 Å². The van der Waals surface area contributed by atoms with Gasteiger partial charge in [-0.1, -0.05) is 20.3 Å². The summed E-state index contributed by atoms with van der Waals surface area (Å²) in [4.78, 5) is 51.1. The van der Waals surface area contributed by atoms with Gasteiger partial charge in [0.1, 0.15) is 22.8 Å². The van der Waals surface area contributed by atoms with E-state index >= 15 is 0 Å². The lowest BCUT2D eigenvalue weighted by molar-refractivity contribution is 0.0597. The first kappa shape index (κ1) is 37.2. The molecule has 48 heavy (non-hydrogen) atoms. The summed E-state index contributed by atoms with van der Waals surface area (Å²) in [5, 5.41) is 8.35. The van der Waals surface area contributed by atoms with Crippen LogP contribution in [0, 0.1) is 0 Å². The molecule has 3 aromatic rings. The summed E-state index contributed by atoms with van der Waals surface area (Å²) in [5.41, 5.74) is 1.17. The lowest BCUT2D eigenvalue weighted by Crippen LogP contribution is -2.27. The number of hydrogen-bond acceptors (Lipinski definition) is 9. The molecule has 0 aliphatic carbocycles. The Bertz CT molecular complexity index is 1610. The summed E-state index contributed by atoms with van der Waals surface area (Å²) in [6.07, 6.45) is 1.50. The van der Waals surface area contributed by atoms with Gasteiger partial charge in [-0.15, -0.1) is 0 Å². The van der Waals surface area contributed by atoms with Crippen LogP contribution in [0.15, 0.2) is 54.6 Å². The van der Waals surface area contributed by atoms with Crippen LogP contribution in [0.4, 0.5) is 21.9 Å². The summed E-state index contributed by atoms with van der Waals surface area (Å²) in [6, 6.07) is 13.9. The van der Waals surface area contributed by atoms with E-state index in [0.29, 0.717) is 41.6 Å². The highest BCUT2D eigenvalue weighted by molar-refractivity contribution is 6.08. The van der Waals surface area contributed by atoms with E-state index in [1.54, 1.807) is 63.2 Å². The molecule has 12 nitrogen and oxygen atoms in total. The smallest absolute Gasteiger partial charge is 0.412 e. The molecule has 0 saturated carbocycles. The molecule has 0 radical (unpaired) electrons. The second-order valence-corrected chi connectivity index (χ2v) is 11.9. The molecule has 0 fully saturated rings. The molecule has 0 bridgehead atoms. The van der Waals surface area contributed by atoms with Crippen LogP contribution in [-0.2, 0) is 9.47 Å². The average molecular weight is 664 g/mol. The van der Waals surface area contributed by atoms with E-state index in [1.807, 2.05) is 20.8 Å². The monoisotopic (exact) mass is 663 g/mol. The number of nitrogens with one attached hydrogen (secondary N) is 3. The van der Waals surface area contributed by atoms with E-state index in [0.717, 1.165) is 12.8 Å². The first-order valence-electron chi connectivity index (χ1n) is 15.7. The minimum absolute atomic E-state index is 0.189. The van der Waals surface area contributed by atoms with Crippen molar-refractivity contribution in [2.45, 2.75) is 72.5 Å². The van der Waals surface area contributed by atoms with Gasteiger partial charge in [0, 0.05) is 11.1 Å². The van der Waals surface area contributed by atoms with Crippen molar-refractivity contribution in [1.29, 1.82) is 0 Å². The van der Waals surface area contributed by atoms with Crippen LogP contribution >= 0.6 is 0 Å². The molecule has 1 unspecified atom stereocenters. The number of hydrogen-bond donors (Lipinski definition) is 3. The van der Waals surface area contributed by atoms with E-state index in [-0.39, 0.29) is 28.5 Å². The lowest BCUT2D eigenvalue weighted by Gasteiger charge is -2.21. The molecule has 3 rings (SSSR count). The summed E-state index contributed by atoms with van der Waals surface area (Å²) in [5.74, 6) is -0.567. The van der Waals surface area contributed by atoms with Crippen molar-refractivity contribution in [3.8, 4) is 17.2 Å². The maximum absolute atomic E-state index is 13.5. The Morgan fingerprint density at radius 1 is 0.729 bits per heavy atom. The third kappa shape index (κ3) is 10.6. The highest BCUT2D eigenvalue weighted by Crippen LogP contribution is 2.32. The van der Waals surface area contributed by atoms with Crippen molar-refractivity contribution in [1.82, 2.24) is 0 Å². The molecule has 3 amide bonds. The van der Waals surface area contributed by atoms with Crippen LogP contribution in [0.2, 0.25) is 0 Å². The number of benzene rings is 3. The van der Waals surface area contributed by atoms with Crippen molar-refractivity contribution in [3.05, 3.63) is 71.3 Å². The number of methoxy groups -OCH3 is 2. The van der Waals surface area contributed by atoms with Gasteiger partial charge in [-0.2, -0.15) is 0 Å². The first-order valence-corrected chi connectivity index (χ1v) is 15.7. The summed E-state index contributed by atoms with van der Waals surface area (Å²) in [6.45, 7) is 11.5. The van der Waals surface area contributed by atoms with Gasteiger partial charge in [-0.25, -0.2) is 9.59 Å². The number of carbonyl (C=O) groups excluding carboxylic acids is 4. The topological polar surface area (TPSA) is 151 Å². The maximum Gasteiger partial charge on any atom is 0.412 e. The minimum atomic E-state index is -0.695. The normalized spacial score (nSPS) is 11.5. The molecule has 0 heterocycles. The fourth-order valence-corrected chi connectivity index (χ4v) is 4.22. The van der Waals surface area contributed by atoms with Gasteiger partial charge < -0.3 is 34.3 Å². The van der Waals surface area contributed by atoms with Crippen LogP contribution in [0.3, 0.4) is 0 Å². The van der Waals surface area contributed by atoms with E-state index < -0.39 is 29.5 Å². The quantitative estimate of drug-likeness (QED) is 0.116. The molecule has 0 aliphatic rings. The maximum atomic E-state index is 13.5. The predicted molar refractivity (Wildman–Crippen MR) is 184 cm³/mol. The summed E-state index contributed by atoms with van der Waals surface area (Å²) in [7, 11) is 2.70. The van der Waals surface area contributed by atoms with Crippen molar-refractivity contribution >= 4 is 40.9 Å². The average Bonchev–Trinajstić information content (AvgIpc) is 3.04. The molecule has 0 aromatic heterocycles. The number of carbonyl (C=O) groups is 4. The van der Waals surface area contributed by atoms with E-state index in [4.69, 9.17) is 23.7 Å². The molecule has 1 atom stereocenters. The Morgan fingerprint density at radius 2 is 1.25 bits per heavy atom. The van der Waals surface area contributed by atoms with Gasteiger partial charge in [0.15, 0.2) is 0 Å². The first-order chi connectivity index (χ1) is 22.8. The van der Waals surface area contributed by atoms with E-state index in [9.17, 15) is 19.2 Å². The molecule has 3 N–H and O–H groups in total. The SMILES string of the molecule is CCCCOc1cc(C(=O)Nc2ccc(C(=O)OC)cc2OC)ccc1NC(=O)c1ccc(NC(=O)OC(C)(C)C)c(OC(C)CC)c1. The minimum Gasteiger partial charge on any atom is -0.495 e. The fourth-order valence-electron chi connectivity index (χ4n) is 4.22. The van der Waals surface area contributed by atoms with Crippen LogP contribution < -0.4 is 30.2 Å². The number of ether oxygens (including phenoxy) is 5. The molecule has 0 aliphatic heterocycles. The highest BCUT2D eigenvalue weighted by atomic mass is 16.6. The largest absolute Gasteiger partial charge is 0.495 e. The fraction of sp³-hybridized carbons (Fsp3) is 0.389. The highest BCUT2D eigenvalue weighted by Gasteiger charge is 2.21. The number of unbranched alkanes of at least 4 members (excludes halogenated alkanes) is 1. The molecule has 258 valence electrons. The molecular weight excluding hydrogens is 618 g/mol. The van der Waals surface area contributed by atoms with Crippen LogP contribution in [-0.4, -0.2) is 56.4 Å². The predicted octanol–water partition coefficient (Wildman–Crippen LogP) is 7.69. The number of rotatable bonds is 14. The van der Waals surface area contributed by atoms with Gasteiger partial charge in [0.25, 0.3) is 11.8 Å². The third-order valence-corrected chi connectivity index (χ3v) is 6.90. The Kier molecular flexibility index (Phi) is 13.2. The summed E-state index contributed by atoms with van der Waals surface area (Å²) < 4.78 is 27.5. The van der Waals surface area contributed by atoms with Gasteiger partial charge >= 0.3 is 12.1 Å². The molecule has 0 saturated heterocycles. The number of anilines is 3. The molecular formula is C36H45N3O9. The Balaban J connectivity index is 1.87. The van der Waals surface area contributed by atoms with Crippen molar-refractivity contribution in [2.24, 2.45) is 0 Å². The third-order valence-electron chi connectivity index (χ3n) is 6.90. The second kappa shape index (κ2) is 17.1. The van der Waals surface area contributed by atoms with Crippen molar-refractivity contribution in [2.75, 3.05) is 36.8 Å². The number of amides is 3. The lowest BCUT2D eigenvalue weighted by atomic mass is 10.1. The van der Waals surface area contributed by atoms with E-state index in [1.165, 1.54) is 26.4 Å². The zero-order valence-electron chi connectivity index (χ0n) is 28.8. The number of esters is 1. The van der Waals surface area contributed by atoms with E-state index in [2.05, 4.69) is 16.0 Å². The summed E-state index contributed by atoms with van der Waals surface area (Å²) >= 11 is 0. The van der Waals surface area contributed by atoms with Crippen LogP contribution in [0.25, 0.3) is 0 Å². The van der Waals surface area contributed by atoms with Gasteiger partial charge in [0.2, 0.25) is 0 Å². The zero-order valence-corrected chi connectivity index (χ0v) is 28.8. The Morgan fingerprint density at radius 3 is 1.77 bits per heavy atom. The second-order valence-electron chi connectivity index (χ2n) is 11.9. The molecule has 0 spiro atoms. The Hall–Kier alpha value is -5.26. The zero-order chi connectivity index (χ0) is 35.4. The Labute approximate surface area is 281 Å². The standard InChI is InChI=1S/C36H45N3O9/c1-9-11-18-46-30-19-23(32(40)37-26-17-14-25(34(42)45-8)21-29(26)44-7)12-15-27(30)38-33(41)24-13-16-28(31(20-24)47-22(3)10-2)39-35(43)48-36(4,5)6/h12-17,19-22H,9-11,18H2,1-8H3,(H,37,40)(H,38,41)(H,39,43). The van der Waals surface area contributed by atoms with Gasteiger partial charge in [-0.05, 0) is 95.1 Å². The molecule has 3 aromatic carbocycles. The van der Waals surface area contributed by atoms with Gasteiger partial charge in [-0.3, -0.25) is 14.9 Å². The van der Waals surface area contributed by atoms with Gasteiger partial charge in [0.05, 0.1) is 49.6 Å².